The molecule has 0 atom stereocenters. The second-order valence-electron chi connectivity index (χ2n) is 6.67. The van der Waals surface area contributed by atoms with Gasteiger partial charge in [-0.25, -0.2) is 4.79 Å². The van der Waals surface area contributed by atoms with Gasteiger partial charge in [0.05, 0.1) is 22.4 Å². The Hall–Kier alpha value is -3.23. The monoisotopic (exact) mass is 444 g/mol. The summed E-state index contributed by atoms with van der Waals surface area (Å²) < 4.78 is 5.58. The number of carboxylic acids is 1. The van der Waals surface area contributed by atoms with Gasteiger partial charge in [-0.1, -0.05) is 23.7 Å². The van der Waals surface area contributed by atoms with Crippen molar-refractivity contribution in [2.45, 2.75) is 20.0 Å². The third-order valence-corrected chi connectivity index (χ3v) is 4.66. The lowest BCUT2D eigenvalue weighted by molar-refractivity contribution is -0.122. The lowest BCUT2D eigenvalue weighted by atomic mass is 10.1. The van der Waals surface area contributed by atoms with Crippen molar-refractivity contribution in [3.63, 3.8) is 0 Å². The van der Waals surface area contributed by atoms with Gasteiger partial charge in [-0.05, 0) is 68.0 Å². The molecule has 2 aromatic carbocycles. The molecule has 0 bridgehead atoms. The van der Waals surface area contributed by atoms with Gasteiger partial charge in [-0.15, -0.1) is 0 Å². The second kappa shape index (κ2) is 8.64. The molecule has 0 aromatic heterocycles. The summed E-state index contributed by atoms with van der Waals surface area (Å²) >= 11 is 11.4. The molecule has 0 radical (unpaired) electrons. The fourth-order valence-electron chi connectivity index (χ4n) is 2.79. The molecule has 7 nitrogen and oxygen atoms in total. The van der Waals surface area contributed by atoms with Gasteiger partial charge in [0.1, 0.15) is 11.3 Å². The number of carbonyl (C=O) groups is 3. The van der Waals surface area contributed by atoms with Crippen LogP contribution < -0.4 is 15.0 Å². The van der Waals surface area contributed by atoms with E-state index in [9.17, 15) is 19.5 Å². The maximum absolute atomic E-state index is 13.0. The molecule has 1 heterocycles. The SMILES string of the molecule is CC(C)Oc1ccc(C=C2C(=O)NC(=S)N(c3cccc(C(=O)O)c3)C2=O)cc1Cl. The molecular formula is C21H17ClN2O5S. The number of amides is 2. The number of thiocarbonyl (C=S) groups is 1. The Morgan fingerprint density at radius 1 is 1.23 bits per heavy atom. The number of benzene rings is 2. The van der Waals surface area contributed by atoms with Crippen LogP contribution in [0.5, 0.6) is 5.75 Å². The zero-order valence-corrected chi connectivity index (χ0v) is 17.6. The van der Waals surface area contributed by atoms with Crippen molar-refractivity contribution in [2.75, 3.05) is 4.90 Å². The van der Waals surface area contributed by atoms with E-state index in [1.54, 1.807) is 18.2 Å². The van der Waals surface area contributed by atoms with Crippen molar-refractivity contribution in [2.24, 2.45) is 0 Å². The van der Waals surface area contributed by atoms with Crippen molar-refractivity contribution >= 4 is 58.5 Å². The molecule has 9 heteroatoms. The van der Waals surface area contributed by atoms with Gasteiger partial charge >= 0.3 is 5.97 Å². The van der Waals surface area contributed by atoms with E-state index in [1.165, 1.54) is 30.3 Å². The molecule has 1 saturated heterocycles. The van der Waals surface area contributed by atoms with E-state index in [0.29, 0.717) is 16.3 Å². The molecule has 1 aliphatic heterocycles. The molecule has 0 spiro atoms. The lowest BCUT2D eigenvalue weighted by Crippen LogP contribution is -2.54. The van der Waals surface area contributed by atoms with E-state index in [2.05, 4.69) is 5.32 Å². The van der Waals surface area contributed by atoms with Crippen LogP contribution in [0.2, 0.25) is 5.02 Å². The zero-order chi connectivity index (χ0) is 22.0. The molecule has 3 rings (SSSR count). The van der Waals surface area contributed by atoms with E-state index in [4.69, 9.17) is 28.6 Å². The third kappa shape index (κ3) is 4.50. The summed E-state index contributed by atoms with van der Waals surface area (Å²) in [7, 11) is 0. The predicted molar refractivity (Wildman–Crippen MR) is 117 cm³/mol. The van der Waals surface area contributed by atoms with Gasteiger partial charge in [0.2, 0.25) is 0 Å². The van der Waals surface area contributed by atoms with Crippen LogP contribution in [0.1, 0.15) is 29.8 Å². The maximum Gasteiger partial charge on any atom is 0.335 e. The fraction of sp³-hybridized carbons (Fsp3) is 0.143. The number of ether oxygens (including phenoxy) is 1. The Labute approximate surface area is 182 Å². The number of rotatable bonds is 5. The van der Waals surface area contributed by atoms with Gasteiger partial charge in [0, 0.05) is 0 Å². The van der Waals surface area contributed by atoms with Crippen molar-refractivity contribution in [3.05, 3.63) is 64.2 Å². The largest absolute Gasteiger partial charge is 0.489 e. The Kier molecular flexibility index (Phi) is 6.19. The van der Waals surface area contributed by atoms with Crippen molar-refractivity contribution in [3.8, 4) is 5.75 Å². The average Bonchev–Trinajstić information content (AvgIpc) is 2.67. The molecule has 30 heavy (non-hydrogen) atoms. The molecule has 1 aliphatic rings. The molecule has 2 aromatic rings. The van der Waals surface area contributed by atoms with Crippen molar-refractivity contribution in [1.29, 1.82) is 0 Å². The van der Waals surface area contributed by atoms with Crippen LogP contribution >= 0.6 is 23.8 Å². The summed E-state index contributed by atoms with van der Waals surface area (Å²) in [5.41, 5.74) is 0.562. The van der Waals surface area contributed by atoms with E-state index in [-0.39, 0.29) is 28.0 Å². The van der Waals surface area contributed by atoms with Crippen LogP contribution in [0.15, 0.2) is 48.0 Å². The standard InChI is InChI=1S/C21H17ClN2O5S/c1-11(2)29-17-7-6-12(9-16(17)22)8-15-18(25)23-21(30)24(19(15)26)14-5-3-4-13(10-14)20(27)28/h3-11H,1-2H3,(H,27,28)(H,23,25,30). The van der Waals surface area contributed by atoms with Crippen LogP contribution in [0.25, 0.3) is 6.08 Å². The van der Waals surface area contributed by atoms with Gasteiger partial charge in [-0.2, -0.15) is 0 Å². The van der Waals surface area contributed by atoms with Crippen LogP contribution in [0.3, 0.4) is 0 Å². The van der Waals surface area contributed by atoms with Crippen molar-refractivity contribution < 1.29 is 24.2 Å². The van der Waals surface area contributed by atoms with E-state index in [1.807, 2.05) is 13.8 Å². The molecule has 0 unspecified atom stereocenters. The van der Waals surface area contributed by atoms with Crippen LogP contribution in [0, 0.1) is 0 Å². The molecule has 2 N–H and O–H groups in total. The van der Waals surface area contributed by atoms with Crippen LogP contribution in [-0.4, -0.2) is 34.1 Å². The highest BCUT2D eigenvalue weighted by Gasteiger charge is 2.34. The molecule has 2 amide bonds. The highest BCUT2D eigenvalue weighted by molar-refractivity contribution is 7.80. The smallest absolute Gasteiger partial charge is 0.335 e. The summed E-state index contributed by atoms with van der Waals surface area (Å²) in [6, 6.07) is 10.6. The third-order valence-electron chi connectivity index (χ3n) is 4.08. The Bertz CT molecular complexity index is 1100. The van der Waals surface area contributed by atoms with Crippen molar-refractivity contribution in [1.82, 2.24) is 5.32 Å². The number of carbonyl (C=O) groups excluding carboxylic acids is 2. The first kappa shape index (κ1) is 21.5. The number of hydrogen-bond donors (Lipinski definition) is 2. The maximum atomic E-state index is 13.0. The number of aromatic carboxylic acids is 1. The first-order chi connectivity index (χ1) is 14.2. The number of anilines is 1. The Morgan fingerprint density at radius 2 is 1.97 bits per heavy atom. The summed E-state index contributed by atoms with van der Waals surface area (Å²) in [5.74, 6) is -1.99. The average molecular weight is 445 g/mol. The molecule has 0 aliphatic carbocycles. The minimum absolute atomic E-state index is 0.0157. The number of halogens is 1. The van der Waals surface area contributed by atoms with Crippen LogP contribution in [-0.2, 0) is 9.59 Å². The van der Waals surface area contributed by atoms with Gasteiger partial charge in [0.25, 0.3) is 11.8 Å². The summed E-state index contributed by atoms with van der Waals surface area (Å²) in [4.78, 5) is 37.8. The summed E-state index contributed by atoms with van der Waals surface area (Å²) in [5, 5.41) is 11.8. The lowest BCUT2D eigenvalue weighted by Gasteiger charge is -2.29. The molecular weight excluding hydrogens is 428 g/mol. The van der Waals surface area contributed by atoms with E-state index in [0.717, 1.165) is 4.90 Å². The fourth-order valence-corrected chi connectivity index (χ4v) is 3.31. The zero-order valence-electron chi connectivity index (χ0n) is 16.0. The second-order valence-corrected chi connectivity index (χ2v) is 7.46. The van der Waals surface area contributed by atoms with Crippen LogP contribution in [0.4, 0.5) is 5.69 Å². The Balaban J connectivity index is 1.97. The molecule has 154 valence electrons. The van der Waals surface area contributed by atoms with Gasteiger partial charge in [0.15, 0.2) is 5.11 Å². The van der Waals surface area contributed by atoms with E-state index >= 15 is 0 Å². The first-order valence-corrected chi connectivity index (χ1v) is 9.67. The Morgan fingerprint density at radius 3 is 2.60 bits per heavy atom. The first-order valence-electron chi connectivity index (χ1n) is 8.88. The molecule has 0 saturated carbocycles. The van der Waals surface area contributed by atoms with Gasteiger partial charge < -0.3 is 9.84 Å². The normalized spacial score (nSPS) is 15.5. The summed E-state index contributed by atoms with van der Waals surface area (Å²) in [6.45, 7) is 3.74. The quantitative estimate of drug-likeness (QED) is 0.415. The number of nitrogens with zero attached hydrogens (tertiary/aromatic N) is 1. The van der Waals surface area contributed by atoms with E-state index < -0.39 is 17.8 Å². The highest BCUT2D eigenvalue weighted by atomic mass is 35.5. The minimum Gasteiger partial charge on any atom is -0.489 e. The molecule has 1 fully saturated rings. The minimum atomic E-state index is -1.15. The topological polar surface area (TPSA) is 95.9 Å². The highest BCUT2D eigenvalue weighted by Crippen LogP contribution is 2.28. The predicted octanol–water partition coefficient (Wildman–Crippen LogP) is 3.66. The number of nitrogens with one attached hydrogen (secondary N) is 1. The number of carboxylic acid groups (broad SMARTS) is 1. The van der Waals surface area contributed by atoms with Gasteiger partial charge in [-0.3, -0.25) is 19.8 Å². The summed E-state index contributed by atoms with van der Waals surface area (Å²) in [6.07, 6.45) is 1.33. The number of hydrogen-bond acceptors (Lipinski definition) is 5.